The van der Waals surface area contributed by atoms with Crippen LogP contribution in [-0.4, -0.2) is 10.9 Å². The number of benzene rings is 1. The monoisotopic (exact) mass is 201 g/mol. The van der Waals surface area contributed by atoms with Gasteiger partial charge in [0, 0.05) is 24.7 Å². The molecule has 2 rings (SSSR count). The number of carbonyl (C=O) groups is 1. The van der Waals surface area contributed by atoms with Crippen LogP contribution in [0.4, 0.5) is 0 Å². The number of aromatic nitrogens is 1. The first-order valence-corrected chi connectivity index (χ1v) is 5.30. The van der Waals surface area contributed by atoms with Gasteiger partial charge in [-0.1, -0.05) is 18.2 Å². The molecule has 0 aliphatic rings. The number of aldehydes is 1. The molecule has 0 aliphatic carbocycles. The highest BCUT2D eigenvalue weighted by atomic mass is 16.1. The average molecular weight is 201 g/mol. The Balaban J connectivity index is 2.27. The smallest absolute Gasteiger partial charge is 0.120 e. The van der Waals surface area contributed by atoms with Gasteiger partial charge >= 0.3 is 0 Å². The van der Waals surface area contributed by atoms with Gasteiger partial charge in [0.15, 0.2) is 0 Å². The van der Waals surface area contributed by atoms with Crippen molar-refractivity contribution in [3.8, 4) is 0 Å². The molecular weight excluding hydrogens is 186 g/mol. The van der Waals surface area contributed by atoms with Crippen LogP contribution in [0.15, 0.2) is 30.3 Å². The Hall–Kier alpha value is -1.57. The van der Waals surface area contributed by atoms with Crippen LogP contribution in [0.3, 0.4) is 0 Å². The maximum atomic E-state index is 10.2. The number of carbonyl (C=O) groups excluding carboxylic acids is 1. The normalized spacial score (nSPS) is 10.7. The lowest BCUT2D eigenvalue weighted by molar-refractivity contribution is -0.107. The van der Waals surface area contributed by atoms with Crippen molar-refractivity contribution in [3.63, 3.8) is 0 Å². The molecule has 2 nitrogen and oxygen atoms in total. The van der Waals surface area contributed by atoms with Crippen LogP contribution < -0.4 is 0 Å². The number of nitrogens with zero attached hydrogens (tertiary/aromatic N) is 1. The Morgan fingerprint density at radius 2 is 2.13 bits per heavy atom. The highest BCUT2D eigenvalue weighted by molar-refractivity contribution is 5.81. The van der Waals surface area contributed by atoms with Crippen molar-refractivity contribution in [2.45, 2.75) is 19.3 Å². The fourth-order valence-corrected chi connectivity index (χ4v) is 1.95. The van der Waals surface area contributed by atoms with Gasteiger partial charge in [-0.2, -0.15) is 0 Å². The Morgan fingerprint density at radius 3 is 2.87 bits per heavy atom. The minimum atomic E-state index is 0.654. The molecule has 0 unspecified atom stereocenters. The molecule has 0 N–H and O–H groups in total. The van der Waals surface area contributed by atoms with Crippen molar-refractivity contribution in [2.24, 2.45) is 7.05 Å². The topological polar surface area (TPSA) is 22.0 Å². The van der Waals surface area contributed by atoms with E-state index in [-0.39, 0.29) is 0 Å². The van der Waals surface area contributed by atoms with Crippen LogP contribution in [-0.2, 0) is 18.3 Å². The molecule has 0 bridgehead atoms. The van der Waals surface area contributed by atoms with Crippen molar-refractivity contribution < 1.29 is 4.79 Å². The van der Waals surface area contributed by atoms with E-state index in [2.05, 4.69) is 41.9 Å². The van der Waals surface area contributed by atoms with Gasteiger partial charge in [0.1, 0.15) is 6.29 Å². The number of fused-ring (bicyclic) bond motifs is 1. The molecule has 0 aliphatic heterocycles. The van der Waals surface area contributed by atoms with E-state index in [0.717, 1.165) is 19.1 Å². The van der Waals surface area contributed by atoms with Crippen LogP contribution in [0, 0.1) is 0 Å². The Morgan fingerprint density at radius 1 is 1.33 bits per heavy atom. The average Bonchev–Trinajstić information content (AvgIpc) is 2.57. The van der Waals surface area contributed by atoms with Crippen LogP contribution in [0.2, 0.25) is 0 Å². The molecule has 0 amide bonds. The zero-order chi connectivity index (χ0) is 10.7. The van der Waals surface area contributed by atoms with Crippen LogP contribution in [0.5, 0.6) is 0 Å². The Labute approximate surface area is 89.5 Å². The third kappa shape index (κ3) is 1.94. The van der Waals surface area contributed by atoms with Gasteiger partial charge in [-0.15, -0.1) is 0 Å². The van der Waals surface area contributed by atoms with Crippen LogP contribution in [0.1, 0.15) is 18.5 Å². The summed E-state index contributed by atoms with van der Waals surface area (Å²) in [5.74, 6) is 0. The largest absolute Gasteiger partial charge is 0.348 e. The quantitative estimate of drug-likeness (QED) is 0.550. The molecular formula is C13H15NO. The molecule has 1 aromatic heterocycles. The third-order valence-corrected chi connectivity index (χ3v) is 2.81. The summed E-state index contributed by atoms with van der Waals surface area (Å²) in [4.78, 5) is 10.2. The van der Waals surface area contributed by atoms with Gasteiger partial charge in [0.05, 0.1) is 0 Å². The van der Waals surface area contributed by atoms with E-state index in [9.17, 15) is 4.79 Å². The van der Waals surface area contributed by atoms with Gasteiger partial charge in [-0.3, -0.25) is 0 Å². The number of hydrogen-bond acceptors (Lipinski definition) is 1. The fraction of sp³-hybridized carbons (Fsp3) is 0.308. The first-order valence-electron chi connectivity index (χ1n) is 5.30. The standard InChI is InChI=1S/C13H15NO/c1-14-12(7-4-5-9-15)10-11-6-2-3-8-13(11)14/h2-3,6,8-10H,4-5,7H2,1H3. The Kier molecular flexibility index (Phi) is 2.86. The second-order valence-corrected chi connectivity index (χ2v) is 3.81. The number of hydrogen-bond donors (Lipinski definition) is 0. The second kappa shape index (κ2) is 4.30. The predicted molar refractivity (Wildman–Crippen MR) is 61.9 cm³/mol. The number of rotatable bonds is 4. The fourth-order valence-electron chi connectivity index (χ4n) is 1.95. The molecule has 2 aromatic rings. The molecule has 2 heteroatoms. The van der Waals surface area contributed by atoms with E-state index in [1.807, 2.05) is 0 Å². The molecule has 78 valence electrons. The molecule has 0 radical (unpaired) electrons. The summed E-state index contributed by atoms with van der Waals surface area (Å²) in [5.41, 5.74) is 2.57. The highest BCUT2D eigenvalue weighted by Crippen LogP contribution is 2.19. The summed E-state index contributed by atoms with van der Waals surface area (Å²) in [7, 11) is 2.08. The summed E-state index contributed by atoms with van der Waals surface area (Å²) in [6, 6.07) is 10.6. The molecule has 0 saturated carbocycles. The number of unbranched alkanes of at least 4 members (excludes halogenated alkanes) is 1. The number of para-hydroxylation sites is 1. The van der Waals surface area contributed by atoms with Crippen molar-refractivity contribution in [1.82, 2.24) is 4.57 Å². The lowest BCUT2D eigenvalue weighted by atomic mass is 10.2. The highest BCUT2D eigenvalue weighted by Gasteiger charge is 2.03. The minimum Gasteiger partial charge on any atom is -0.348 e. The lowest BCUT2D eigenvalue weighted by Gasteiger charge is -2.02. The first kappa shape index (κ1) is 9.97. The van der Waals surface area contributed by atoms with Gasteiger partial charge in [-0.05, 0) is 30.4 Å². The van der Waals surface area contributed by atoms with E-state index < -0.39 is 0 Å². The van der Waals surface area contributed by atoms with Crippen molar-refractivity contribution in [1.29, 1.82) is 0 Å². The van der Waals surface area contributed by atoms with E-state index in [0.29, 0.717) is 6.42 Å². The van der Waals surface area contributed by atoms with Crippen molar-refractivity contribution >= 4 is 17.2 Å². The van der Waals surface area contributed by atoms with Gasteiger partial charge < -0.3 is 9.36 Å². The van der Waals surface area contributed by atoms with E-state index in [1.54, 1.807) is 0 Å². The van der Waals surface area contributed by atoms with Crippen molar-refractivity contribution in [3.05, 3.63) is 36.0 Å². The predicted octanol–water partition coefficient (Wildman–Crippen LogP) is 2.70. The maximum absolute atomic E-state index is 10.2. The minimum absolute atomic E-state index is 0.654. The van der Waals surface area contributed by atoms with Gasteiger partial charge in [0.2, 0.25) is 0 Å². The zero-order valence-corrected chi connectivity index (χ0v) is 8.94. The summed E-state index contributed by atoms with van der Waals surface area (Å²) < 4.78 is 2.21. The maximum Gasteiger partial charge on any atom is 0.120 e. The van der Waals surface area contributed by atoms with Crippen LogP contribution >= 0.6 is 0 Å². The summed E-state index contributed by atoms with van der Waals surface area (Å²) in [6.07, 6.45) is 3.56. The van der Waals surface area contributed by atoms with Gasteiger partial charge in [-0.25, -0.2) is 0 Å². The molecule has 0 fully saturated rings. The molecule has 15 heavy (non-hydrogen) atoms. The molecule has 0 saturated heterocycles. The van der Waals surface area contributed by atoms with E-state index in [4.69, 9.17) is 0 Å². The molecule has 1 aromatic carbocycles. The summed E-state index contributed by atoms with van der Waals surface area (Å²) in [5, 5.41) is 1.28. The SMILES string of the molecule is Cn1c(CCCC=O)cc2ccccc21. The Bertz CT molecular complexity index is 470. The van der Waals surface area contributed by atoms with E-state index >= 15 is 0 Å². The molecule has 0 atom stereocenters. The molecule has 1 heterocycles. The van der Waals surface area contributed by atoms with Crippen LogP contribution in [0.25, 0.3) is 10.9 Å². The van der Waals surface area contributed by atoms with E-state index in [1.165, 1.54) is 16.6 Å². The van der Waals surface area contributed by atoms with Crippen molar-refractivity contribution in [2.75, 3.05) is 0 Å². The third-order valence-electron chi connectivity index (χ3n) is 2.81. The zero-order valence-electron chi connectivity index (χ0n) is 8.94. The molecule has 0 spiro atoms. The number of aryl methyl sites for hydroxylation is 2. The summed E-state index contributed by atoms with van der Waals surface area (Å²) in [6.45, 7) is 0. The summed E-state index contributed by atoms with van der Waals surface area (Å²) >= 11 is 0. The second-order valence-electron chi connectivity index (χ2n) is 3.81. The lowest BCUT2D eigenvalue weighted by Crippen LogP contribution is -1.96. The first-order chi connectivity index (χ1) is 7.33. The van der Waals surface area contributed by atoms with Gasteiger partial charge in [0.25, 0.3) is 0 Å².